The molecule has 0 spiro atoms. The first-order valence-corrected chi connectivity index (χ1v) is 9.88. The van der Waals surface area contributed by atoms with Gasteiger partial charge in [-0.1, -0.05) is 12.1 Å². The summed E-state index contributed by atoms with van der Waals surface area (Å²) in [6.07, 6.45) is 4.94. The van der Waals surface area contributed by atoms with Crippen LogP contribution in [0.5, 0.6) is 0 Å². The molecule has 0 aliphatic carbocycles. The number of piperazine rings is 1. The van der Waals surface area contributed by atoms with Crippen molar-refractivity contribution in [2.45, 2.75) is 32.5 Å². The maximum absolute atomic E-state index is 12.7. The van der Waals surface area contributed by atoms with Crippen LogP contribution in [-0.2, 0) is 0 Å². The van der Waals surface area contributed by atoms with Gasteiger partial charge in [0.1, 0.15) is 0 Å². The maximum atomic E-state index is 12.7. The number of amides is 2. The van der Waals surface area contributed by atoms with Crippen molar-refractivity contribution in [1.82, 2.24) is 25.6 Å². The Kier molecular flexibility index (Phi) is 5.57. The number of anilines is 1. The van der Waals surface area contributed by atoms with Crippen LogP contribution in [0.4, 0.5) is 10.5 Å². The summed E-state index contributed by atoms with van der Waals surface area (Å²) in [6.45, 7) is 7.25. The molecule has 2 unspecified atom stereocenters. The number of hydrazine groups is 1. The van der Waals surface area contributed by atoms with Crippen LogP contribution in [0.3, 0.4) is 0 Å². The summed E-state index contributed by atoms with van der Waals surface area (Å²) >= 11 is 0. The molecule has 3 N–H and O–H groups in total. The number of carbonyl (C=O) groups excluding carboxylic acids is 1. The molecule has 2 fully saturated rings. The van der Waals surface area contributed by atoms with E-state index < -0.39 is 0 Å². The SMILES string of the molecule is Cc1ccc(C)c(NC(=O)N2CCN(C3CC(c4ccncc4)NN3)CC2)c1. The molecule has 0 saturated carbocycles. The lowest BCUT2D eigenvalue weighted by Crippen LogP contribution is -2.55. The minimum Gasteiger partial charge on any atom is -0.322 e. The van der Waals surface area contributed by atoms with Crippen LogP contribution in [0.15, 0.2) is 42.7 Å². The van der Waals surface area contributed by atoms with E-state index in [1.165, 1.54) is 5.56 Å². The van der Waals surface area contributed by atoms with Crippen molar-refractivity contribution >= 4 is 11.7 Å². The van der Waals surface area contributed by atoms with E-state index in [2.05, 4.69) is 44.3 Å². The Morgan fingerprint density at radius 3 is 2.57 bits per heavy atom. The second-order valence-electron chi connectivity index (χ2n) is 7.64. The molecular formula is C21H28N6O. The number of aryl methyl sites for hydroxylation is 2. The first-order chi connectivity index (χ1) is 13.6. The zero-order chi connectivity index (χ0) is 19.5. The van der Waals surface area contributed by atoms with E-state index in [0.717, 1.165) is 49.4 Å². The zero-order valence-corrected chi connectivity index (χ0v) is 16.5. The monoisotopic (exact) mass is 380 g/mol. The van der Waals surface area contributed by atoms with Gasteiger partial charge in [0.2, 0.25) is 0 Å². The Bertz CT molecular complexity index is 819. The number of urea groups is 1. The molecule has 0 radical (unpaired) electrons. The van der Waals surface area contributed by atoms with Gasteiger partial charge < -0.3 is 10.2 Å². The highest BCUT2D eigenvalue weighted by Gasteiger charge is 2.32. The van der Waals surface area contributed by atoms with Gasteiger partial charge in [0, 0.05) is 50.3 Å². The third-order valence-corrected chi connectivity index (χ3v) is 5.67. The van der Waals surface area contributed by atoms with E-state index in [0.29, 0.717) is 6.04 Å². The minimum atomic E-state index is -0.0134. The molecule has 2 saturated heterocycles. The number of pyridine rings is 1. The molecule has 3 heterocycles. The van der Waals surface area contributed by atoms with Gasteiger partial charge >= 0.3 is 6.03 Å². The molecule has 1 aromatic carbocycles. The topological polar surface area (TPSA) is 72.5 Å². The highest BCUT2D eigenvalue weighted by molar-refractivity contribution is 5.90. The molecule has 148 valence electrons. The molecule has 7 heteroatoms. The number of hydrogen-bond donors (Lipinski definition) is 3. The number of benzene rings is 1. The van der Waals surface area contributed by atoms with Crippen molar-refractivity contribution < 1.29 is 4.79 Å². The van der Waals surface area contributed by atoms with Gasteiger partial charge in [-0.3, -0.25) is 9.88 Å². The Labute approximate surface area is 166 Å². The summed E-state index contributed by atoms with van der Waals surface area (Å²) in [7, 11) is 0. The van der Waals surface area contributed by atoms with Crippen molar-refractivity contribution in [1.29, 1.82) is 0 Å². The third kappa shape index (κ3) is 4.16. The van der Waals surface area contributed by atoms with Gasteiger partial charge in [-0.25, -0.2) is 15.6 Å². The number of nitrogens with zero attached hydrogens (tertiary/aromatic N) is 3. The summed E-state index contributed by atoms with van der Waals surface area (Å²) < 4.78 is 0. The van der Waals surface area contributed by atoms with Crippen LogP contribution in [0, 0.1) is 13.8 Å². The molecule has 1 aromatic heterocycles. The molecule has 2 aliphatic rings. The normalized spacial score (nSPS) is 23.0. The lowest BCUT2D eigenvalue weighted by atomic mass is 10.1. The zero-order valence-electron chi connectivity index (χ0n) is 16.5. The van der Waals surface area contributed by atoms with E-state index in [9.17, 15) is 4.79 Å². The number of hydrogen-bond acceptors (Lipinski definition) is 5. The fourth-order valence-electron chi connectivity index (χ4n) is 3.89. The third-order valence-electron chi connectivity index (χ3n) is 5.67. The number of nitrogens with one attached hydrogen (secondary N) is 3. The van der Waals surface area contributed by atoms with Gasteiger partial charge in [0.25, 0.3) is 0 Å². The lowest BCUT2D eigenvalue weighted by Gasteiger charge is -2.37. The van der Waals surface area contributed by atoms with Gasteiger partial charge in [-0.15, -0.1) is 0 Å². The molecule has 2 amide bonds. The maximum Gasteiger partial charge on any atom is 0.321 e. The quantitative estimate of drug-likeness (QED) is 0.763. The Morgan fingerprint density at radius 1 is 1.07 bits per heavy atom. The fraction of sp³-hybridized carbons (Fsp3) is 0.429. The molecular weight excluding hydrogens is 352 g/mol. The fourth-order valence-corrected chi connectivity index (χ4v) is 3.89. The van der Waals surface area contributed by atoms with Crippen molar-refractivity contribution in [3.63, 3.8) is 0 Å². The lowest BCUT2D eigenvalue weighted by molar-refractivity contribution is 0.103. The molecule has 4 rings (SSSR count). The molecule has 7 nitrogen and oxygen atoms in total. The summed E-state index contributed by atoms with van der Waals surface area (Å²) in [6, 6.07) is 10.5. The standard InChI is InChI=1S/C21H28N6O/c1-15-3-4-16(2)18(13-15)23-21(28)27-11-9-26(10-12-27)20-14-19(24-25-20)17-5-7-22-8-6-17/h3-8,13,19-20,24-25H,9-12,14H2,1-2H3,(H,23,28). The number of carbonyl (C=O) groups is 1. The Hall–Kier alpha value is -2.48. The van der Waals surface area contributed by atoms with Gasteiger partial charge in [0.15, 0.2) is 0 Å². The summed E-state index contributed by atoms with van der Waals surface area (Å²) in [5.41, 5.74) is 11.2. The average Bonchev–Trinajstić information content (AvgIpc) is 3.22. The van der Waals surface area contributed by atoms with Gasteiger partial charge in [0.05, 0.1) is 6.17 Å². The average molecular weight is 380 g/mol. The summed E-state index contributed by atoms with van der Waals surface area (Å²) in [5.74, 6) is 0. The van der Waals surface area contributed by atoms with E-state index >= 15 is 0 Å². The second-order valence-corrected chi connectivity index (χ2v) is 7.64. The molecule has 28 heavy (non-hydrogen) atoms. The Morgan fingerprint density at radius 2 is 1.82 bits per heavy atom. The number of aromatic nitrogens is 1. The molecule has 2 aromatic rings. The predicted octanol–water partition coefficient (Wildman–Crippen LogP) is 2.41. The van der Waals surface area contributed by atoms with E-state index in [1.54, 1.807) is 0 Å². The van der Waals surface area contributed by atoms with Gasteiger partial charge in [-0.05, 0) is 55.2 Å². The van der Waals surface area contributed by atoms with Crippen molar-refractivity contribution in [2.75, 3.05) is 31.5 Å². The Balaban J connectivity index is 1.29. The second kappa shape index (κ2) is 8.26. The van der Waals surface area contributed by atoms with E-state index in [4.69, 9.17) is 0 Å². The van der Waals surface area contributed by atoms with Crippen molar-refractivity contribution in [3.05, 3.63) is 59.4 Å². The largest absolute Gasteiger partial charge is 0.322 e. The highest BCUT2D eigenvalue weighted by atomic mass is 16.2. The van der Waals surface area contributed by atoms with Gasteiger partial charge in [-0.2, -0.15) is 0 Å². The van der Waals surface area contributed by atoms with E-state index in [-0.39, 0.29) is 12.2 Å². The van der Waals surface area contributed by atoms with E-state index in [1.807, 2.05) is 43.3 Å². The van der Waals surface area contributed by atoms with Crippen LogP contribution < -0.4 is 16.2 Å². The van der Waals surface area contributed by atoms with Crippen molar-refractivity contribution in [2.24, 2.45) is 0 Å². The molecule has 2 atom stereocenters. The van der Waals surface area contributed by atoms with Crippen LogP contribution >= 0.6 is 0 Å². The molecule has 0 bridgehead atoms. The van der Waals surface area contributed by atoms with Crippen molar-refractivity contribution in [3.8, 4) is 0 Å². The predicted molar refractivity (Wildman–Crippen MR) is 110 cm³/mol. The van der Waals surface area contributed by atoms with Crippen LogP contribution in [0.2, 0.25) is 0 Å². The smallest absolute Gasteiger partial charge is 0.321 e. The molecule has 2 aliphatic heterocycles. The van der Waals surface area contributed by atoms with Crippen LogP contribution in [0.25, 0.3) is 0 Å². The first-order valence-electron chi connectivity index (χ1n) is 9.88. The first kappa shape index (κ1) is 18.9. The van der Waals surface area contributed by atoms with Crippen LogP contribution in [0.1, 0.15) is 29.2 Å². The number of rotatable bonds is 3. The van der Waals surface area contributed by atoms with Crippen LogP contribution in [-0.4, -0.2) is 53.2 Å². The highest BCUT2D eigenvalue weighted by Crippen LogP contribution is 2.24. The summed E-state index contributed by atoms with van der Waals surface area (Å²) in [5, 5.41) is 3.07. The minimum absolute atomic E-state index is 0.0134. The summed E-state index contributed by atoms with van der Waals surface area (Å²) in [4.78, 5) is 21.1.